The number of carbonyl (C=O) groups excluding carboxylic acids is 2. The summed E-state index contributed by atoms with van der Waals surface area (Å²) in [5, 5.41) is 2.72. The average Bonchev–Trinajstić information content (AvgIpc) is 2.40. The van der Waals surface area contributed by atoms with Gasteiger partial charge in [-0.15, -0.1) is 0 Å². The lowest BCUT2D eigenvalue weighted by Crippen LogP contribution is -2.39. The predicted octanol–water partition coefficient (Wildman–Crippen LogP) is -1.07. The van der Waals surface area contributed by atoms with Crippen molar-refractivity contribution >= 4 is 11.8 Å². The van der Waals surface area contributed by atoms with E-state index in [1.807, 2.05) is 6.92 Å². The summed E-state index contributed by atoms with van der Waals surface area (Å²) in [6.07, 6.45) is 0.392. The van der Waals surface area contributed by atoms with E-state index >= 15 is 0 Å². The van der Waals surface area contributed by atoms with Crippen LogP contribution in [-0.4, -0.2) is 42.9 Å². The van der Waals surface area contributed by atoms with E-state index in [0.29, 0.717) is 32.6 Å². The summed E-state index contributed by atoms with van der Waals surface area (Å²) >= 11 is 0. The van der Waals surface area contributed by atoms with Gasteiger partial charge in [-0.2, -0.15) is 0 Å². The SMILES string of the molecule is CC(CN)C(=O)N1CCNC(=O)CC1. The highest BCUT2D eigenvalue weighted by atomic mass is 16.2. The number of nitrogens with one attached hydrogen (secondary N) is 1. The molecule has 1 fully saturated rings. The van der Waals surface area contributed by atoms with Gasteiger partial charge in [0.15, 0.2) is 0 Å². The molecular formula is C9H17N3O2. The molecule has 3 N–H and O–H groups in total. The van der Waals surface area contributed by atoms with E-state index in [4.69, 9.17) is 5.73 Å². The summed E-state index contributed by atoms with van der Waals surface area (Å²) in [5.74, 6) is -0.0899. The zero-order valence-electron chi connectivity index (χ0n) is 8.45. The molecule has 14 heavy (non-hydrogen) atoms. The molecule has 0 aromatic rings. The summed E-state index contributed by atoms with van der Waals surface area (Å²) < 4.78 is 0. The molecule has 1 aliphatic rings. The van der Waals surface area contributed by atoms with Gasteiger partial charge in [0, 0.05) is 38.5 Å². The Morgan fingerprint density at radius 3 is 3.00 bits per heavy atom. The number of amides is 2. The molecule has 1 atom stereocenters. The molecule has 0 aliphatic carbocycles. The Labute approximate surface area is 83.6 Å². The van der Waals surface area contributed by atoms with Crippen LogP contribution < -0.4 is 11.1 Å². The number of nitrogens with zero attached hydrogens (tertiary/aromatic N) is 1. The second-order valence-corrected chi connectivity index (χ2v) is 3.56. The number of carbonyl (C=O) groups is 2. The molecule has 0 saturated carbocycles. The van der Waals surface area contributed by atoms with Gasteiger partial charge in [0.2, 0.25) is 11.8 Å². The largest absolute Gasteiger partial charge is 0.354 e. The van der Waals surface area contributed by atoms with Crippen molar-refractivity contribution in [1.29, 1.82) is 0 Å². The van der Waals surface area contributed by atoms with E-state index < -0.39 is 0 Å². The predicted molar refractivity (Wildman–Crippen MR) is 52.4 cm³/mol. The van der Waals surface area contributed by atoms with Crippen LogP contribution in [-0.2, 0) is 9.59 Å². The van der Waals surface area contributed by atoms with E-state index in [0.717, 1.165) is 0 Å². The van der Waals surface area contributed by atoms with Gasteiger partial charge in [-0.25, -0.2) is 0 Å². The zero-order valence-corrected chi connectivity index (χ0v) is 8.45. The van der Waals surface area contributed by atoms with Gasteiger partial charge < -0.3 is 16.0 Å². The van der Waals surface area contributed by atoms with Crippen molar-refractivity contribution in [2.24, 2.45) is 11.7 Å². The van der Waals surface area contributed by atoms with Gasteiger partial charge >= 0.3 is 0 Å². The standard InChI is InChI=1S/C9H17N3O2/c1-7(6-10)9(14)12-4-2-8(13)11-3-5-12/h7H,2-6,10H2,1H3,(H,11,13). The van der Waals surface area contributed by atoms with Gasteiger partial charge in [0.25, 0.3) is 0 Å². The molecule has 2 amide bonds. The molecule has 1 saturated heterocycles. The minimum absolute atomic E-state index is 0.0145. The molecule has 1 aliphatic heterocycles. The molecule has 5 nitrogen and oxygen atoms in total. The summed E-state index contributed by atoms with van der Waals surface area (Å²) in [7, 11) is 0. The maximum Gasteiger partial charge on any atom is 0.226 e. The van der Waals surface area contributed by atoms with Crippen molar-refractivity contribution < 1.29 is 9.59 Å². The molecule has 0 bridgehead atoms. The first-order valence-electron chi connectivity index (χ1n) is 4.90. The molecule has 0 aromatic carbocycles. The Hall–Kier alpha value is -1.10. The Kier molecular flexibility index (Phi) is 3.88. The Bertz CT molecular complexity index is 230. The van der Waals surface area contributed by atoms with E-state index in [2.05, 4.69) is 5.32 Å². The average molecular weight is 199 g/mol. The molecule has 0 aromatic heterocycles. The lowest BCUT2D eigenvalue weighted by atomic mass is 10.1. The summed E-state index contributed by atoms with van der Waals surface area (Å²) in [6.45, 7) is 3.81. The van der Waals surface area contributed by atoms with Gasteiger partial charge in [-0.3, -0.25) is 9.59 Å². The third-order valence-electron chi connectivity index (χ3n) is 2.40. The Morgan fingerprint density at radius 2 is 2.36 bits per heavy atom. The monoisotopic (exact) mass is 199 g/mol. The highest BCUT2D eigenvalue weighted by molar-refractivity contribution is 5.81. The second kappa shape index (κ2) is 4.95. The summed E-state index contributed by atoms with van der Waals surface area (Å²) in [4.78, 5) is 24.4. The number of hydrogen-bond acceptors (Lipinski definition) is 3. The van der Waals surface area contributed by atoms with Crippen LogP contribution in [0.15, 0.2) is 0 Å². The van der Waals surface area contributed by atoms with E-state index in [-0.39, 0.29) is 17.7 Å². The first-order valence-corrected chi connectivity index (χ1v) is 4.90. The second-order valence-electron chi connectivity index (χ2n) is 3.56. The third-order valence-corrected chi connectivity index (χ3v) is 2.40. The highest BCUT2D eigenvalue weighted by Gasteiger charge is 2.21. The van der Waals surface area contributed by atoms with Gasteiger partial charge in [0.1, 0.15) is 0 Å². The van der Waals surface area contributed by atoms with Crippen LogP contribution >= 0.6 is 0 Å². The maximum atomic E-state index is 11.7. The van der Waals surface area contributed by atoms with Crippen LogP contribution in [0.2, 0.25) is 0 Å². The van der Waals surface area contributed by atoms with Crippen LogP contribution in [0.3, 0.4) is 0 Å². The smallest absolute Gasteiger partial charge is 0.226 e. The maximum absolute atomic E-state index is 11.7. The van der Waals surface area contributed by atoms with Crippen molar-refractivity contribution in [1.82, 2.24) is 10.2 Å². The molecule has 1 rings (SSSR count). The molecule has 5 heteroatoms. The topological polar surface area (TPSA) is 75.4 Å². The molecule has 0 spiro atoms. The van der Waals surface area contributed by atoms with Crippen molar-refractivity contribution in [3.8, 4) is 0 Å². The summed E-state index contributed by atoms with van der Waals surface area (Å²) in [5.41, 5.74) is 5.42. The number of hydrogen-bond donors (Lipinski definition) is 2. The lowest BCUT2D eigenvalue weighted by molar-refractivity contribution is -0.134. The lowest BCUT2D eigenvalue weighted by Gasteiger charge is -2.22. The normalized spacial score (nSPS) is 19.9. The van der Waals surface area contributed by atoms with Crippen molar-refractivity contribution in [2.45, 2.75) is 13.3 Å². The zero-order chi connectivity index (χ0) is 10.6. The fourth-order valence-electron chi connectivity index (χ4n) is 1.40. The Balaban J connectivity index is 2.51. The van der Waals surface area contributed by atoms with Crippen molar-refractivity contribution in [2.75, 3.05) is 26.2 Å². The quantitative estimate of drug-likeness (QED) is 0.594. The van der Waals surface area contributed by atoms with E-state index in [9.17, 15) is 9.59 Å². The summed E-state index contributed by atoms with van der Waals surface area (Å²) in [6, 6.07) is 0. The Morgan fingerprint density at radius 1 is 1.64 bits per heavy atom. The fraction of sp³-hybridized carbons (Fsp3) is 0.778. The van der Waals surface area contributed by atoms with Crippen LogP contribution in [0.5, 0.6) is 0 Å². The molecule has 0 radical (unpaired) electrons. The van der Waals surface area contributed by atoms with Crippen LogP contribution in [0.1, 0.15) is 13.3 Å². The minimum Gasteiger partial charge on any atom is -0.354 e. The van der Waals surface area contributed by atoms with E-state index in [1.165, 1.54) is 0 Å². The van der Waals surface area contributed by atoms with Crippen LogP contribution in [0.4, 0.5) is 0 Å². The first kappa shape index (κ1) is 11.0. The van der Waals surface area contributed by atoms with Gasteiger partial charge in [-0.05, 0) is 0 Å². The molecule has 80 valence electrons. The fourth-order valence-corrected chi connectivity index (χ4v) is 1.40. The number of nitrogens with two attached hydrogens (primary N) is 1. The highest BCUT2D eigenvalue weighted by Crippen LogP contribution is 2.03. The number of rotatable bonds is 2. The van der Waals surface area contributed by atoms with Crippen molar-refractivity contribution in [3.63, 3.8) is 0 Å². The van der Waals surface area contributed by atoms with Crippen LogP contribution in [0, 0.1) is 5.92 Å². The van der Waals surface area contributed by atoms with Gasteiger partial charge in [0.05, 0.1) is 0 Å². The van der Waals surface area contributed by atoms with Crippen molar-refractivity contribution in [3.05, 3.63) is 0 Å². The van der Waals surface area contributed by atoms with E-state index in [1.54, 1.807) is 4.90 Å². The van der Waals surface area contributed by atoms with Gasteiger partial charge in [-0.1, -0.05) is 6.92 Å². The molecular weight excluding hydrogens is 182 g/mol. The van der Waals surface area contributed by atoms with Crippen LogP contribution in [0.25, 0.3) is 0 Å². The third kappa shape index (κ3) is 2.70. The molecule has 1 unspecified atom stereocenters. The first-order chi connectivity index (χ1) is 6.65. The molecule has 1 heterocycles. The minimum atomic E-state index is -0.150.